The first kappa shape index (κ1) is 21.0. The predicted molar refractivity (Wildman–Crippen MR) is 79.3 cm³/mol. The Morgan fingerprint density at radius 3 is 1.39 bits per heavy atom. The lowest BCUT2D eigenvalue weighted by Gasteiger charge is -2.20. The second kappa shape index (κ2) is 11.5. The van der Waals surface area contributed by atoms with Gasteiger partial charge in [0, 0.05) is 26.2 Å². The average Bonchev–Trinajstić information content (AvgIpc) is 2.34. The molecule has 0 unspecified atom stereocenters. The van der Waals surface area contributed by atoms with E-state index in [1.54, 1.807) is 0 Å². The summed E-state index contributed by atoms with van der Waals surface area (Å²) in [4.78, 5) is 45.7. The predicted octanol–water partition coefficient (Wildman–Crippen LogP) is -1.98. The van der Waals surface area contributed by atoms with Gasteiger partial charge in [0.1, 0.15) is 5.78 Å². The molecule has 0 fully saturated rings. The van der Waals surface area contributed by atoms with Crippen molar-refractivity contribution in [3.63, 3.8) is 0 Å². The van der Waals surface area contributed by atoms with Crippen molar-refractivity contribution in [3.05, 3.63) is 0 Å². The van der Waals surface area contributed by atoms with Crippen molar-refractivity contribution in [2.45, 2.75) is 6.92 Å². The molecule has 0 aliphatic heterocycles. The number of nitrogens with one attached hydrogen (secondary N) is 1. The minimum atomic E-state index is -1.11. The molecule has 0 rings (SSSR count). The summed E-state index contributed by atoms with van der Waals surface area (Å²) in [5, 5.41) is 29.1. The van der Waals surface area contributed by atoms with E-state index in [0.29, 0.717) is 19.6 Å². The highest BCUT2D eigenvalue weighted by Crippen LogP contribution is 1.90. The lowest BCUT2D eigenvalue weighted by molar-refractivity contribution is -0.142. The fourth-order valence-corrected chi connectivity index (χ4v) is 1.92. The lowest BCUT2D eigenvalue weighted by atomic mass is 10.3. The number of carbonyl (C=O) groups excluding carboxylic acids is 1. The van der Waals surface area contributed by atoms with E-state index in [-0.39, 0.29) is 38.5 Å². The molecule has 0 aromatic carbocycles. The Kier molecular flexibility index (Phi) is 10.5. The molecular formula is C13H23N3O7. The first-order chi connectivity index (χ1) is 10.7. The zero-order chi connectivity index (χ0) is 17.8. The summed E-state index contributed by atoms with van der Waals surface area (Å²) in [6.07, 6.45) is 0. The van der Waals surface area contributed by atoms with E-state index in [9.17, 15) is 19.2 Å². The van der Waals surface area contributed by atoms with Crippen LogP contribution in [0.2, 0.25) is 0 Å². The van der Waals surface area contributed by atoms with Gasteiger partial charge in [0.2, 0.25) is 0 Å². The number of carboxylic acids is 3. The SMILES string of the molecule is CC(=O)CN(CCNCCN(CC(=O)O)CC(=O)O)CC(=O)O. The van der Waals surface area contributed by atoms with Crippen LogP contribution in [-0.4, -0.2) is 101 Å². The number of carbonyl (C=O) groups is 4. The summed E-state index contributed by atoms with van der Waals surface area (Å²) < 4.78 is 0. The van der Waals surface area contributed by atoms with Gasteiger partial charge in [0.05, 0.1) is 26.2 Å². The number of carboxylic acid groups (broad SMARTS) is 3. The van der Waals surface area contributed by atoms with Crippen LogP contribution in [-0.2, 0) is 19.2 Å². The summed E-state index contributed by atoms with van der Waals surface area (Å²) in [6.45, 7) is 1.73. The number of ketones is 1. The van der Waals surface area contributed by atoms with Crippen molar-refractivity contribution in [2.75, 3.05) is 52.4 Å². The minimum Gasteiger partial charge on any atom is -0.480 e. The third kappa shape index (κ3) is 13.4. The van der Waals surface area contributed by atoms with Crippen molar-refractivity contribution in [2.24, 2.45) is 0 Å². The van der Waals surface area contributed by atoms with Crippen molar-refractivity contribution in [3.8, 4) is 0 Å². The van der Waals surface area contributed by atoms with Gasteiger partial charge in [-0.15, -0.1) is 0 Å². The van der Waals surface area contributed by atoms with E-state index in [2.05, 4.69) is 5.32 Å². The average molecular weight is 333 g/mol. The lowest BCUT2D eigenvalue weighted by Crippen LogP contribution is -2.42. The van der Waals surface area contributed by atoms with Gasteiger partial charge in [-0.2, -0.15) is 0 Å². The van der Waals surface area contributed by atoms with Crippen LogP contribution < -0.4 is 5.32 Å². The molecule has 0 aromatic rings. The van der Waals surface area contributed by atoms with Gasteiger partial charge < -0.3 is 20.6 Å². The van der Waals surface area contributed by atoms with Crippen LogP contribution in [0.15, 0.2) is 0 Å². The smallest absolute Gasteiger partial charge is 0.317 e. The maximum Gasteiger partial charge on any atom is 0.317 e. The van der Waals surface area contributed by atoms with E-state index in [4.69, 9.17) is 15.3 Å². The van der Waals surface area contributed by atoms with E-state index in [0.717, 1.165) is 0 Å². The summed E-state index contributed by atoms with van der Waals surface area (Å²) in [5.41, 5.74) is 0. The Balaban J connectivity index is 4.09. The quantitative estimate of drug-likeness (QED) is 0.264. The molecule has 0 bridgehead atoms. The first-order valence-electron chi connectivity index (χ1n) is 7.01. The van der Waals surface area contributed by atoms with Crippen molar-refractivity contribution in [1.82, 2.24) is 15.1 Å². The fraction of sp³-hybridized carbons (Fsp3) is 0.692. The molecule has 0 saturated carbocycles. The zero-order valence-corrected chi connectivity index (χ0v) is 13.0. The van der Waals surface area contributed by atoms with Crippen LogP contribution in [0.1, 0.15) is 6.92 Å². The van der Waals surface area contributed by atoms with Crippen LogP contribution in [0, 0.1) is 0 Å². The van der Waals surface area contributed by atoms with Crippen molar-refractivity contribution in [1.29, 1.82) is 0 Å². The van der Waals surface area contributed by atoms with Crippen LogP contribution in [0.4, 0.5) is 0 Å². The Bertz CT molecular complexity index is 358. The molecular weight excluding hydrogens is 310 g/mol. The number of aliphatic carboxylic acids is 3. The summed E-state index contributed by atoms with van der Waals surface area (Å²) in [6, 6.07) is 0. The van der Waals surface area contributed by atoms with Crippen LogP contribution in [0.25, 0.3) is 0 Å². The fourth-order valence-electron chi connectivity index (χ4n) is 1.92. The molecule has 23 heavy (non-hydrogen) atoms. The molecule has 0 radical (unpaired) electrons. The summed E-state index contributed by atoms with van der Waals surface area (Å²) in [5.74, 6) is -3.39. The van der Waals surface area contributed by atoms with Gasteiger partial charge in [0.15, 0.2) is 0 Å². The summed E-state index contributed by atoms with van der Waals surface area (Å²) in [7, 11) is 0. The van der Waals surface area contributed by atoms with Crippen molar-refractivity contribution >= 4 is 23.7 Å². The maximum absolute atomic E-state index is 11.0. The second-order valence-electron chi connectivity index (χ2n) is 5.05. The molecule has 0 aliphatic carbocycles. The van der Waals surface area contributed by atoms with E-state index in [1.165, 1.54) is 16.7 Å². The molecule has 132 valence electrons. The standard InChI is InChI=1S/C13H23N3O7/c1-10(17)6-15(7-11(18)19)4-2-14-3-5-16(8-12(20)21)9-13(22)23/h14H,2-9H2,1H3,(H,18,19)(H,20,21)(H,22,23). The molecule has 4 N–H and O–H groups in total. The maximum atomic E-state index is 11.0. The van der Waals surface area contributed by atoms with Crippen molar-refractivity contribution < 1.29 is 34.5 Å². The Morgan fingerprint density at radius 1 is 0.739 bits per heavy atom. The topological polar surface area (TPSA) is 147 Å². The molecule has 0 heterocycles. The molecule has 0 aromatic heterocycles. The third-order valence-corrected chi connectivity index (χ3v) is 2.73. The van der Waals surface area contributed by atoms with Gasteiger partial charge >= 0.3 is 17.9 Å². The van der Waals surface area contributed by atoms with E-state index in [1.807, 2.05) is 0 Å². The Labute approximate surface area is 133 Å². The first-order valence-corrected chi connectivity index (χ1v) is 7.01. The highest BCUT2D eigenvalue weighted by atomic mass is 16.4. The van der Waals surface area contributed by atoms with Gasteiger partial charge in [-0.1, -0.05) is 0 Å². The van der Waals surface area contributed by atoms with Gasteiger partial charge in [-0.3, -0.25) is 29.0 Å². The summed E-state index contributed by atoms with van der Waals surface area (Å²) >= 11 is 0. The monoisotopic (exact) mass is 333 g/mol. The van der Waals surface area contributed by atoms with Gasteiger partial charge in [-0.25, -0.2) is 0 Å². The normalized spacial score (nSPS) is 10.9. The Hall–Kier alpha value is -2.04. The number of hydrogen-bond donors (Lipinski definition) is 4. The Morgan fingerprint density at radius 2 is 1.09 bits per heavy atom. The van der Waals surface area contributed by atoms with Crippen LogP contribution in [0.5, 0.6) is 0 Å². The molecule has 10 nitrogen and oxygen atoms in total. The van der Waals surface area contributed by atoms with Gasteiger partial charge in [0.25, 0.3) is 0 Å². The molecule has 0 aliphatic rings. The highest BCUT2D eigenvalue weighted by molar-refractivity contribution is 5.78. The van der Waals surface area contributed by atoms with E-state index < -0.39 is 17.9 Å². The minimum absolute atomic E-state index is 0.0398. The van der Waals surface area contributed by atoms with Crippen LogP contribution in [0.3, 0.4) is 0 Å². The number of rotatable bonds is 14. The van der Waals surface area contributed by atoms with Crippen LogP contribution >= 0.6 is 0 Å². The third-order valence-electron chi connectivity index (χ3n) is 2.73. The van der Waals surface area contributed by atoms with Gasteiger partial charge in [-0.05, 0) is 6.92 Å². The molecule has 0 spiro atoms. The molecule has 0 atom stereocenters. The number of nitrogens with zero attached hydrogens (tertiary/aromatic N) is 2. The largest absolute Gasteiger partial charge is 0.480 e. The molecule has 0 amide bonds. The second-order valence-corrected chi connectivity index (χ2v) is 5.05. The zero-order valence-electron chi connectivity index (χ0n) is 13.0. The van der Waals surface area contributed by atoms with E-state index >= 15 is 0 Å². The molecule has 0 saturated heterocycles. The number of hydrogen-bond acceptors (Lipinski definition) is 7. The number of Topliss-reactive ketones (excluding diaryl/α,β-unsaturated/α-hetero) is 1. The molecule has 10 heteroatoms. The highest BCUT2D eigenvalue weighted by Gasteiger charge is 2.13.